The largest absolute Gasteiger partial charge is 0.383 e. The van der Waals surface area contributed by atoms with Gasteiger partial charge in [-0.25, -0.2) is 15.0 Å². The number of aromatic amines is 1. The minimum atomic E-state index is 0.587. The fourth-order valence-electron chi connectivity index (χ4n) is 3.28. The Kier molecular flexibility index (Phi) is 12.3. The number of nitrogens with one attached hydrogen (secondary N) is 2. The van der Waals surface area contributed by atoms with E-state index in [2.05, 4.69) is 65.0 Å². The molecule has 2 heterocycles. The summed E-state index contributed by atoms with van der Waals surface area (Å²) in [7, 11) is 3.98. The van der Waals surface area contributed by atoms with E-state index < -0.39 is 0 Å². The molecule has 0 saturated heterocycles. The number of nitrogens with zero attached hydrogens (tertiary/aromatic N) is 5. The van der Waals surface area contributed by atoms with E-state index in [1.54, 1.807) is 6.20 Å². The van der Waals surface area contributed by atoms with Crippen molar-refractivity contribution in [1.29, 1.82) is 0 Å². The second-order valence-corrected chi connectivity index (χ2v) is 8.57. The molecule has 0 atom stereocenters. The summed E-state index contributed by atoms with van der Waals surface area (Å²) in [6.07, 6.45) is 8.93. The van der Waals surface area contributed by atoms with Gasteiger partial charge in [0.2, 0.25) is 0 Å². The highest BCUT2D eigenvalue weighted by Gasteiger charge is 2.14. The van der Waals surface area contributed by atoms with E-state index in [1.807, 2.05) is 50.3 Å². The molecule has 0 aliphatic rings. The van der Waals surface area contributed by atoms with Crippen LogP contribution in [0.4, 0.5) is 5.82 Å². The summed E-state index contributed by atoms with van der Waals surface area (Å²) in [6.45, 7) is 14.8. The van der Waals surface area contributed by atoms with Gasteiger partial charge in [0.25, 0.3) is 0 Å². The highest BCUT2D eigenvalue weighted by molar-refractivity contribution is 5.77. The molecular weight excluding hydrogens is 450 g/mol. The van der Waals surface area contributed by atoms with Crippen LogP contribution in [0, 0.1) is 6.92 Å². The highest BCUT2D eigenvalue weighted by atomic mass is 16.5. The number of hydrogen-bond donors (Lipinski definition) is 2. The molecule has 0 aliphatic carbocycles. The Bertz CT molecular complexity index is 1100. The number of rotatable bonds is 12. The Morgan fingerprint density at radius 3 is 2.42 bits per heavy atom. The number of anilines is 1. The number of ether oxygens (including phenoxy) is 1. The monoisotopic (exact) mass is 491 g/mol. The average molecular weight is 492 g/mol. The van der Waals surface area contributed by atoms with Crippen LogP contribution >= 0.6 is 0 Å². The third-order valence-corrected chi connectivity index (χ3v) is 4.94. The van der Waals surface area contributed by atoms with Crippen molar-refractivity contribution in [3.63, 3.8) is 0 Å². The number of aryl methyl sites for hydroxylation is 1. The molecule has 3 aromatic rings. The Balaban J connectivity index is 0.000000572. The quantitative estimate of drug-likeness (QED) is 0.238. The Labute approximate surface area is 215 Å². The van der Waals surface area contributed by atoms with Crippen molar-refractivity contribution in [1.82, 2.24) is 30.0 Å². The molecule has 2 aromatic heterocycles. The van der Waals surface area contributed by atoms with E-state index in [0.29, 0.717) is 11.6 Å². The van der Waals surface area contributed by atoms with Gasteiger partial charge in [-0.15, -0.1) is 0 Å². The van der Waals surface area contributed by atoms with Gasteiger partial charge in [0.1, 0.15) is 11.6 Å². The molecule has 0 bridgehead atoms. The zero-order valence-corrected chi connectivity index (χ0v) is 22.6. The molecule has 0 fully saturated rings. The first-order chi connectivity index (χ1) is 17.4. The molecule has 1 aromatic carbocycles. The van der Waals surface area contributed by atoms with E-state index in [0.717, 1.165) is 72.9 Å². The summed E-state index contributed by atoms with van der Waals surface area (Å²) in [5, 5.41) is 10.5. The predicted molar refractivity (Wildman–Crippen MR) is 150 cm³/mol. The molecule has 2 N–H and O–H groups in total. The molecule has 3 rings (SSSR count). The minimum absolute atomic E-state index is 0.587. The van der Waals surface area contributed by atoms with Gasteiger partial charge in [-0.3, -0.25) is 5.10 Å². The van der Waals surface area contributed by atoms with E-state index in [1.165, 1.54) is 0 Å². The minimum Gasteiger partial charge on any atom is -0.383 e. The molecule has 8 heteroatoms. The molecule has 0 aliphatic heterocycles. The van der Waals surface area contributed by atoms with Crippen LogP contribution in [0.1, 0.15) is 51.4 Å². The third-order valence-electron chi connectivity index (χ3n) is 4.94. The summed E-state index contributed by atoms with van der Waals surface area (Å²) in [5.74, 6) is 2.72. The number of hydrogen-bond acceptors (Lipinski definition) is 7. The third kappa shape index (κ3) is 8.92. The molecule has 0 saturated carbocycles. The van der Waals surface area contributed by atoms with Crippen molar-refractivity contribution in [3.8, 4) is 22.8 Å². The van der Waals surface area contributed by atoms with Crippen LogP contribution in [0.3, 0.4) is 0 Å². The van der Waals surface area contributed by atoms with E-state index in [-0.39, 0.29) is 0 Å². The fourth-order valence-corrected chi connectivity index (χ4v) is 3.28. The first-order valence-electron chi connectivity index (χ1n) is 12.6. The SMILES string of the molecule is C=C/C(=C\N(C)C)c1cccc(-c2ncc(-c3n[nH]c(C)n3)c(NCCC)n2)c1.CCCOCCC. The molecule has 0 radical (unpaired) electrons. The van der Waals surface area contributed by atoms with Crippen LogP contribution in [-0.2, 0) is 4.74 Å². The van der Waals surface area contributed by atoms with Crippen LogP contribution in [0.2, 0.25) is 0 Å². The average Bonchev–Trinajstić information content (AvgIpc) is 3.32. The lowest BCUT2D eigenvalue weighted by molar-refractivity contribution is 0.135. The summed E-state index contributed by atoms with van der Waals surface area (Å²) in [6, 6.07) is 8.15. The van der Waals surface area contributed by atoms with Gasteiger partial charge in [0, 0.05) is 51.8 Å². The number of allylic oxidation sites excluding steroid dienone is 2. The summed E-state index contributed by atoms with van der Waals surface area (Å²) in [5.41, 5.74) is 3.81. The van der Waals surface area contributed by atoms with Gasteiger partial charge in [-0.05, 0) is 43.4 Å². The molecular formula is C28H41N7O. The summed E-state index contributed by atoms with van der Waals surface area (Å²) >= 11 is 0. The first-order valence-corrected chi connectivity index (χ1v) is 12.6. The Morgan fingerprint density at radius 1 is 1.08 bits per heavy atom. The topological polar surface area (TPSA) is 91.9 Å². The first kappa shape index (κ1) is 28.7. The van der Waals surface area contributed by atoms with Crippen LogP contribution in [0.15, 0.2) is 49.3 Å². The van der Waals surface area contributed by atoms with Crippen LogP contribution in [0.5, 0.6) is 0 Å². The van der Waals surface area contributed by atoms with Crippen molar-refractivity contribution in [2.24, 2.45) is 0 Å². The lowest BCUT2D eigenvalue weighted by Crippen LogP contribution is -2.06. The molecule has 8 nitrogen and oxygen atoms in total. The predicted octanol–water partition coefficient (Wildman–Crippen LogP) is 5.97. The van der Waals surface area contributed by atoms with Crippen molar-refractivity contribution in [2.75, 3.05) is 39.2 Å². The van der Waals surface area contributed by atoms with Gasteiger partial charge in [-0.1, -0.05) is 51.6 Å². The fraction of sp³-hybridized carbons (Fsp3) is 0.429. The molecule has 36 heavy (non-hydrogen) atoms. The summed E-state index contributed by atoms with van der Waals surface area (Å²) < 4.78 is 5.13. The number of aromatic nitrogens is 5. The lowest BCUT2D eigenvalue weighted by Gasteiger charge is -2.12. The second-order valence-electron chi connectivity index (χ2n) is 8.57. The van der Waals surface area contributed by atoms with Gasteiger partial charge in [0.15, 0.2) is 11.6 Å². The highest BCUT2D eigenvalue weighted by Crippen LogP contribution is 2.27. The standard InChI is InChI=1S/C22H27N7.C6H14O/c1-6-11-23-21-19(22-25-15(3)27-28-22)13-24-20(26-21)18-10-8-9-17(12-18)16(7-2)14-29(4)5;1-3-5-7-6-4-2/h7-10,12-14H,2,6,11H2,1,3-5H3,(H,23,24,26)(H,25,27,28);3-6H2,1-2H3/b16-14+;. The maximum Gasteiger partial charge on any atom is 0.186 e. The van der Waals surface area contributed by atoms with E-state index in [9.17, 15) is 0 Å². The van der Waals surface area contributed by atoms with Gasteiger partial charge in [-0.2, -0.15) is 5.10 Å². The maximum atomic E-state index is 5.13. The van der Waals surface area contributed by atoms with Gasteiger partial charge >= 0.3 is 0 Å². The maximum absolute atomic E-state index is 5.13. The Morgan fingerprint density at radius 2 is 1.83 bits per heavy atom. The molecule has 0 spiro atoms. The second kappa shape index (κ2) is 15.5. The van der Waals surface area contributed by atoms with Crippen molar-refractivity contribution in [2.45, 2.75) is 47.0 Å². The normalized spacial score (nSPS) is 11.0. The lowest BCUT2D eigenvalue weighted by atomic mass is 10.0. The van der Waals surface area contributed by atoms with E-state index in [4.69, 9.17) is 9.72 Å². The smallest absolute Gasteiger partial charge is 0.186 e. The van der Waals surface area contributed by atoms with Gasteiger partial charge in [0.05, 0.1) is 5.56 Å². The van der Waals surface area contributed by atoms with E-state index >= 15 is 0 Å². The summed E-state index contributed by atoms with van der Waals surface area (Å²) in [4.78, 5) is 15.8. The van der Waals surface area contributed by atoms with Crippen LogP contribution in [0.25, 0.3) is 28.3 Å². The van der Waals surface area contributed by atoms with Crippen LogP contribution in [-0.4, -0.2) is 63.9 Å². The molecule has 0 amide bonds. The molecule has 194 valence electrons. The number of H-pyrrole nitrogens is 1. The van der Waals surface area contributed by atoms with Gasteiger partial charge < -0.3 is 15.0 Å². The van der Waals surface area contributed by atoms with Crippen molar-refractivity contribution >= 4 is 11.4 Å². The number of benzene rings is 1. The molecule has 0 unspecified atom stereocenters. The zero-order valence-electron chi connectivity index (χ0n) is 22.6. The van der Waals surface area contributed by atoms with Crippen molar-refractivity contribution < 1.29 is 4.74 Å². The van der Waals surface area contributed by atoms with Crippen molar-refractivity contribution in [3.05, 3.63) is 60.7 Å². The Hall–Kier alpha value is -3.52. The zero-order chi connectivity index (χ0) is 26.3. The van der Waals surface area contributed by atoms with Crippen LogP contribution < -0.4 is 5.32 Å².